The van der Waals surface area contributed by atoms with Gasteiger partial charge in [0.05, 0.1) is 6.61 Å². The summed E-state index contributed by atoms with van der Waals surface area (Å²) in [4.78, 5) is 26.5. The normalized spacial score (nSPS) is 10.8. The monoisotopic (exact) mass is 231 g/mol. The van der Waals surface area contributed by atoms with Crippen LogP contribution in [0.4, 0.5) is 4.79 Å². The van der Waals surface area contributed by atoms with E-state index in [0.29, 0.717) is 5.57 Å². The van der Waals surface area contributed by atoms with Gasteiger partial charge in [-0.1, -0.05) is 6.08 Å². The number of hydrogen-bond donors (Lipinski definition) is 1. The zero-order valence-electron chi connectivity index (χ0n) is 9.74. The fourth-order valence-electron chi connectivity index (χ4n) is 0.678. The van der Waals surface area contributed by atoms with Crippen molar-refractivity contribution >= 4 is 12.1 Å². The molecule has 1 amide bonds. The summed E-state index contributed by atoms with van der Waals surface area (Å²) < 4.78 is 9.35. The Labute approximate surface area is 94.5 Å². The van der Waals surface area contributed by atoms with E-state index >= 15 is 0 Å². The highest BCUT2D eigenvalue weighted by Crippen LogP contribution is 1.95. The van der Waals surface area contributed by atoms with Crippen molar-refractivity contribution in [2.45, 2.75) is 20.8 Å². The van der Waals surface area contributed by atoms with E-state index in [4.69, 9.17) is 9.57 Å². The van der Waals surface area contributed by atoms with Crippen molar-refractivity contribution in [3.8, 4) is 0 Å². The number of amides is 1. The van der Waals surface area contributed by atoms with Gasteiger partial charge in [0.1, 0.15) is 13.2 Å². The number of hydroxylamine groups is 1. The predicted molar refractivity (Wildman–Crippen MR) is 56.5 cm³/mol. The van der Waals surface area contributed by atoms with Gasteiger partial charge in [0.15, 0.2) is 0 Å². The van der Waals surface area contributed by atoms with Crippen molar-refractivity contribution in [3.05, 3.63) is 11.6 Å². The molecule has 0 atom stereocenters. The lowest BCUT2D eigenvalue weighted by Gasteiger charge is -2.06. The van der Waals surface area contributed by atoms with Gasteiger partial charge < -0.3 is 9.47 Å². The van der Waals surface area contributed by atoms with Crippen LogP contribution in [0.15, 0.2) is 11.6 Å². The molecule has 0 rings (SSSR count). The number of rotatable bonds is 6. The number of carbonyl (C=O) groups excluding carboxylic acids is 2. The van der Waals surface area contributed by atoms with Gasteiger partial charge in [0.2, 0.25) is 0 Å². The van der Waals surface area contributed by atoms with Crippen molar-refractivity contribution in [3.63, 3.8) is 0 Å². The largest absolute Gasteiger partial charge is 0.460 e. The van der Waals surface area contributed by atoms with E-state index in [2.05, 4.69) is 4.74 Å². The SMILES string of the molecule is CC=C(C)C(=O)OCCONC(=O)OCC. The number of hydrogen-bond acceptors (Lipinski definition) is 5. The van der Waals surface area contributed by atoms with Crippen LogP contribution in [0.5, 0.6) is 0 Å². The molecule has 1 N–H and O–H groups in total. The minimum absolute atomic E-state index is 0.0659. The molecule has 0 aromatic carbocycles. The Hall–Kier alpha value is -1.56. The lowest BCUT2D eigenvalue weighted by atomic mass is 10.3. The Morgan fingerprint density at radius 2 is 1.94 bits per heavy atom. The lowest BCUT2D eigenvalue weighted by Crippen LogP contribution is -2.26. The summed E-state index contributed by atoms with van der Waals surface area (Å²) in [5.41, 5.74) is 2.56. The van der Waals surface area contributed by atoms with Crippen LogP contribution in [0.25, 0.3) is 0 Å². The molecule has 0 aliphatic heterocycles. The third kappa shape index (κ3) is 6.83. The highest BCUT2D eigenvalue weighted by atomic mass is 16.7. The Morgan fingerprint density at radius 1 is 1.25 bits per heavy atom. The maximum Gasteiger partial charge on any atom is 0.431 e. The highest BCUT2D eigenvalue weighted by molar-refractivity contribution is 5.87. The van der Waals surface area contributed by atoms with E-state index in [1.165, 1.54) is 0 Å². The molecule has 92 valence electrons. The average Bonchev–Trinajstić information content (AvgIpc) is 2.27. The van der Waals surface area contributed by atoms with E-state index in [-0.39, 0.29) is 19.8 Å². The van der Waals surface area contributed by atoms with Crippen LogP contribution in [0.3, 0.4) is 0 Å². The molecule has 0 saturated heterocycles. The Kier molecular flexibility index (Phi) is 7.87. The summed E-state index contributed by atoms with van der Waals surface area (Å²) in [6, 6.07) is 0. The van der Waals surface area contributed by atoms with E-state index in [9.17, 15) is 9.59 Å². The summed E-state index contributed by atoms with van der Waals surface area (Å²) in [6.45, 7) is 5.49. The molecule has 16 heavy (non-hydrogen) atoms. The molecule has 0 radical (unpaired) electrons. The number of allylic oxidation sites excluding steroid dienone is 1. The van der Waals surface area contributed by atoms with E-state index in [1.807, 2.05) is 5.48 Å². The molecule has 0 unspecified atom stereocenters. The second-order valence-electron chi connectivity index (χ2n) is 2.78. The summed E-state index contributed by atoms with van der Waals surface area (Å²) in [7, 11) is 0. The molecule has 6 nitrogen and oxygen atoms in total. The first-order valence-electron chi connectivity index (χ1n) is 4.96. The van der Waals surface area contributed by atoms with Crippen LogP contribution in [-0.2, 0) is 19.1 Å². The standard InChI is InChI=1S/C10H17NO5/c1-4-8(3)9(12)15-6-7-16-11-10(13)14-5-2/h4H,5-7H2,1-3H3,(H,11,13). The Balaban J connectivity index is 3.47. The Morgan fingerprint density at radius 3 is 2.50 bits per heavy atom. The molecule has 0 aromatic heterocycles. The zero-order valence-corrected chi connectivity index (χ0v) is 9.74. The molecular formula is C10H17NO5. The summed E-state index contributed by atoms with van der Waals surface area (Å²) >= 11 is 0. The van der Waals surface area contributed by atoms with Gasteiger partial charge >= 0.3 is 12.1 Å². The van der Waals surface area contributed by atoms with E-state index in [1.54, 1.807) is 26.8 Å². The number of esters is 1. The smallest absolute Gasteiger partial charge is 0.431 e. The summed E-state index contributed by atoms with van der Waals surface area (Å²) in [5.74, 6) is -0.401. The van der Waals surface area contributed by atoms with Crippen LogP contribution in [0.2, 0.25) is 0 Å². The fourth-order valence-corrected chi connectivity index (χ4v) is 0.678. The van der Waals surface area contributed by atoms with Crippen molar-refractivity contribution in [1.82, 2.24) is 5.48 Å². The molecule has 0 heterocycles. The van der Waals surface area contributed by atoms with Crippen molar-refractivity contribution < 1.29 is 23.9 Å². The first kappa shape index (κ1) is 14.4. The lowest BCUT2D eigenvalue weighted by molar-refractivity contribution is -0.141. The molecule has 0 saturated carbocycles. The third-order valence-corrected chi connectivity index (χ3v) is 1.60. The van der Waals surface area contributed by atoms with Crippen molar-refractivity contribution in [2.24, 2.45) is 0 Å². The van der Waals surface area contributed by atoms with Gasteiger partial charge in [-0.05, 0) is 20.8 Å². The molecule has 0 spiro atoms. The second kappa shape index (κ2) is 8.72. The van der Waals surface area contributed by atoms with Gasteiger partial charge in [-0.25, -0.2) is 9.59 Å². The molecule has 0 fully saturated rings. The fraction of sp³-hybridized carbons (Fsp3) is 0.600. The quantitative estimate of drug-likeness (QED) is 0.321. The maximum absolute atomic E-state index is 11.1. The topological polar surface area (TPSA) is 73.9 Å². The van der Waals surface area contributed by atoms with E-state index < -0.39 is 12.1 Å². The van der Waals surface area contributed by atoms with Crippen LogP contribution in [0.1, 0.15) is 20.8 Å². The molecule has 0 aliphatic rings. The van der Waals surface area contributed by atoms with Gasteiger partial charge in [-0.3, -0.25) is 4.84 Å². The summed E-state index contributed by atoms with van der Waals surface area (Å²) in [5, 5.41) is 0. The molecular weight excluding hydrogens is 214 g/mol. The molecule has 6 heteroatoms. The number of carbonyl (C=O) groups is 2. The summed E-state index contributed by atoms with van der Waals surface area (Å²) in [6.07, 6.45) is 0.985. The number of nitrogens with one attached hydrogen (secondary N) is 1. The number of ether oxygens (including phenoxy) is 2. The average molecular weight is 231 g/mol. The Bertz CT molecular complexity index is 262. The van der Waals surface area contributed by atoms with Crippen LogP contribution < -0.4 is 5.48 Å². The van der Waals surface area contributed by atoms with E-state index in [0.717, 1.165) is 0 Å². The molecule has 0 bridgehead atoms. The minimum Gasteiger partial charge on any atom is -0.460 e. The molecule has 0 aliphatic carbocycles. The van der Waals surface area contributed by atoms with Crippen LogP contribution >= 0.6 is 0 Å². The predicted octanol–water partition coefficient (Wildman–Crippen LogP) is 1.17. The first-order chi connectivity index (χ1) is 7.61. The zero-order chi connectivity index (χ0) is 12.4. The van der Waals surface area contributed by atoms with Crippen LogP contribution in [-0.4, -0.2) is 31.9 Å². The van der Waals surface area contributed by atoms with Crippen molar-refractivity contribution in [1.29, 1.82) is 0 Å². The van der Waals surface area contributed by atoms with Gasteiger partial charge in [-0.2, -0.15) is 5.48 Å². The maximum atomic E-state index is 11.1. The van der Waals surface area contributed by atoms with Crippen molar-refractivity contribution in [2.75, 3.05) is 19.8 Å². The van der Waals surface area contributed by atoms with Gasteiger partial charge in [-0.15, -0.1) is 0 Å². The van der Waals surface area contributed by atoms with Gasteiger partial charge in [0.25, 0.3) is 0 Å². The third-order valence-electron chi connectivity index (χ3n) is 1.60. The molecule has 0 aromatic rings. The first-order valence-corrected chi connectivity index (χ1v) is 4.96. The van der Waals surface area contributed by atoms with Gasteiger partial charge in [0, 0.05) is 5.57 Å². The second-order valence-corrected chi connectivity index (χ2v) is 2.78. The minimum atomic E-state index is -0.668. The highest BCUT2D eigenvalue weighted by Gasteiger charge is 2.04. The van der Waals surface area contributed by atoms with Crippen LogP contribution in [0, 0.1) is 0 Å².